The van der Waals surface area contributed by atoms with Crippen molar-refractivity contribution in [3.05, 3.63) is 168 Å². The van der Waals surface area contributed by atoms with E-state index in [-0.39, 0.29) is 43.0 Å². The topological polar surface area (TPSA) is 631 Å². The number of hydrogen-bond donors (Lipinski definition) is 23. The zero-order valence-electron chi connectivity index (χ0n) is 68.5. The number of hydrogen-bond acceptors (Lipinski definition) is 32. The number of primary amides is 1. The van der Waals surface area contributed by atoms with Gasteiger partial charge in [-0.2, -0.15) is 0 Å². The van der Waals surface area contributed by atoms with Gasteiger partial charge in [0.2, 0.25) is 53.4 Å². The molecule has 0 spiro atoms. The Bertz CT molecular complexity index is 5370. The number of phenolic OH excluding ortho intramolecular Hbond substituents is 3. The summed E-state index contributed by atoms with van der Waals surface area (Å²) in [7, 11) is 1.46. The molecule has 1 unspecified atom stereocenters. The molecule has 3 saturated heterocycles. The Morgan fingerprint density at radius 1 is 0.656 bits per heavy atom. The number of thiophene rings is 1. The first-order valence-corrected chi connectivity index (χ1v) is 42.1. The first-order chi connectivity index (χ1) is 60.7. The van der Waals surface area contributed by atoms with Crippen LogP contribution in [0, 0.1) is 5.92 Å². The van der Waals surface area contributed by atoms with Gasteiger partial charge in [0.25, 0.3) is 5.91 Å². The molecule has 23 atom stereocenters. The summed E-state index contributed by atoms with van der Waals surface area (Å²) in [6, 6.07) is 8.54. The third-order valence-electron chi connectivity index (χ3n) is 22.3. The van der Waals surface area contributed by atoms with Crippen LogP contribution in [-0.2, 0) is 68.6 Å². The van der Waals surface area contributed by atoms with E-state index in [1.54, 1.807) is 50.2 Å². The van der Waals surface area contributed by atoms with Crippen molar-refractivity contribution in [2.45, 2.75) is 193 Å². The summed E-state index contributed by atoms with van der Waals surface area (Å²) in [6.45, 7) is 5.21. The second kappa shape index (κ2) is 39.7. The fraction of sp³-hybridized carbons (Fsp3) is 0.417. The third kappa shape index (κ3) is 20.9. The SMILES string of the molecule is CN[C@H](CC(C)C)C(=O)N[C@H]1C(=O)N[C@@H](CC(N)=O)C(=O)N[C@H]2C(=O)N[C@H]3C(=O)N[C@H](C(=O)N[C@@H](C(=O)O)c4cc(O)cc(O)c4-c4cc3ccc4O)[C@H](O[C@H]3C[C@](C)(N)[C@@H](O)[C@H](C)O3)c3ccc(c(Cl)c3)Oc3cc2cc(c3OC2O[C@H](CO)[C@@H](O[C@H]3O[C@H](CNCc4ccc(C(=O)Nc5ccc(Cl)cc5)s4)[C@H](O)[C@H](O)[C@H]3O)[C@H](O)[C@H]2O)Oc2ccc(cc2Cl)[C@H]1O. The van der Waals surface area contributed by atoms with Gasteiger partial charge in [0.1, 0.15) is 120 Å². The number of rotatable bonds is 21. The number of carboxylic acids is 1. The number of likely N-dealkylation sites (N-methyl/N-ethyl adjacent to an activating group) is 1. The predicted octanol–water partition coefficient (Wildman–Crippen LogP) is 1.70. The molecule has 40 nitrogen and oxygen atoms in total. The van der Waals surface area contributed by atoms with Gasteiger partial charge in [-0.3, -0.25) is 38.4 Å². The van der Waals surface area contributed by atoms with Crippen LogP contribution in [0.25, 0.3) is 11.1 Å². The van der Waals surface area contributed by atoms with Crippen LogP contribution in [0.4, 0.5) is 5.69 Å². The van der Waals surface area contributed by atoms with Crippen molar-refractivity contribution < 1.29 is 142 Å². The highest BCUT2D eigenvalue weighted by Gasteiger charge is 2.53. The van der Waals surface area contributed by atoms with Crippen molar-refractivity contribution in [2.24, 2.45) is 17.4 Å². The van der Waals surface area contributed by atoms with Crippen LogP contribution in [0.3, 0.4) is 0 Å². The molecule has 1 aromatic heterocycles. The zero-order valence-corrected chi connectivity index (χ0v) is 71.6. The Balaban J connectivity index is 0.949. The Morgan fingerprint density at radius 3 is 1.93 bits per heavy atom. The maximum absolute atomic E-state index is 16.4. The van der Waals surface area contributed by atoms with Crippen molar-refractivity contribution in [1.29, 1.82) is 0 Å². The van der Waals surface area contributed by atoms with Crippen molar-refractivity contribution in [3.63, 3.8) is 0 Å². The van der Waals surface area contributed by atoms with Gasteiger partial charge >= 0.3 is 5.97 Å². The number of ether oxygens (including phenoxy) is 8. The van der Waals surface area contributed by atoms with Crippen LogP contribution in [0.5, 0.6) is 46.0 Å². The Labute approximate surface area is 747 Å². The van der Waals surface area contributed by atoms with E-state index in [0.29, 0.717) is 20.5 Å². The molecule has 128 heavy (non-hydrogen) atoms. The van der Waals surface area contributed by atoms with E-state index in [9.17, 15) is 80.5 Å². The van der Waals surface area contributed by atoms with Gasteiger partial charge in [-0.1, -0.05) is 66.8 Å². The first kappa shape index (κ1) is 94.9. The van der Waals surface area contributed by atoms with E-state index in [0.717, 1.165) is 78.1 Å². The van der Waals surface area contributed by atoms with E-state index in [1.807, 2.05) is 0 Å². The van der Waals surface area contributed by atoms with Crippen molar-refractivity contribution in [3.8, 4) is 57.1 Å². The van der Waals surface area contributed by atoms with Crippen LogP contribution in [-0.4, -0.2) is 244 Å². The van der Waals surface area contributed by atoms with Crippen molar-refractivity contribution in [2.75, 3.05) is 25.5 Å². The quantitative estimate of drug-likeness (QED) is 0.0487. The van der Waals surface area contributed by atoms with Crippen LogP contribution in [0.15, 0.2) is 115 Å². The molecule has 7 aromatic rings. The number of benzene rings is 6. The smallest absolute Gasteiger partial charge is 0.330 e. The number of carboxylic acid groups (broad SMARTS) is 1. The number of amides is 8. The Kier molecular flexibility index (Phi) is 29.4. The number of aliphatic hydroxyl groups is 8. The van der Waals surface area contributed by atoms with Gasteiger partial charge in [0, 0.05) is 63.4 Å². The highest BCUT2D eigenvalue weighted by atomic mass is 35.5. The molecular weight excluding hydrogens is 1770 g/mol. The van der Waals surface area contributed by atoms with Gasteiger partial charge in [-0.15, -0.1) is 11.3 Å². The molecule has 0 saturated carbocycles. The number of aromatic hydroxyl groups is 3. The Hall–Kier alpha value is -10.7. The number of phenols is 3. The highest BCUT2D eigenvalue weighted by Crippen LogP contribution is 2.50. The molecule has 0 aliphatic carbocycles. The second-order valence-electron chi connectivity index (χ2n) is 32.2. The number of anilines is 1. The number of halogens is 3. The minimum absolute atomic E-state index is 0.0826. The molecule has 8 amide bonds. The number of carbonyl (C=O) groups excluding carboxylic acids is 8. The maximum Gasteiger partial charge on any atom is 0.330 e. The number of carbonyl (C=O) groups is 9. The number of fused-ring (bicyclic) bond motifs is 15. The molecule has 25 N–H and O–H groups in total. The summed E-state index contributed by atoms with van der Waals surface area (Å²) in [5.74, 6) is -17.2. The number of nitrogens with one attached hydrogen (secondary N) is 9. The normalized spacial score (nSPS) is 29.3. The van der Waals surface area contributed by atoms with Gasteiger partial charge in [0.15, 0.2) is 30.1 Å². The molecule has 15 rings (SSSR count). The lowest BCUT2D eigenvalue weighted by Crippen LogP contribution is -2.65. The largest absolute Gasteiger partial charge is 0.508 e. The maximum atomic E-state index is 16.4. The molecule has 11 bridgehead atoms. The van der Waals surface area contributed by atoms with Gasteiger partial charge in [-0.05, 0) is 146 Å². The lowest BCUT2D eigenvalue weighted by atomic mass is 9.86. The summed E-state index contributed by atoms with van der Waals surface area (Å²) in [5.41, 5.74) is 8.42. The second-order valence-corrected chi connectivity index (χ2v) is 34.6. The van der Waals surface area contributed by atoms with E-state index < -0.39 is 290 Å². The summed E-state index contributed by atoms with van der Waals surface area (Å²) in [4.78, 5) is 134. The first-order valence-electron chi connectivity index (χ1n) is 40.2. The van der Waals surface area contributed by atoms with E-state index in [1.165, 1.54) is 33.0 Å². The van der Waals surface area contributed by atoms with Gasteiger partial charge in [0.05, 0.1) is 46.2 Å². The summed E-state index contributed by atoms with van der Waals surface area (Å²) >= 11 is 21.6. The van der Waals surface area contributed by atoms with E-state index >= 15 is 24.0 Å². The number of aliphatic carboxylic acids is 1. The molecule has 9 heterocycles. The van der Waals surface area contributed by atoms with Crippen LogP contribution in [0.1, 0.15) is 120 Å². The van der Waals surface area contributed by atoms with Crippen LogP contribution >= 0.6 is 46.1 Å². The summed E-state index contributed by atoms with van der Waals surface area (Å²) in [5, 5.41) is 163. The minimum atomic E-state index is -2.44. The fourth-order valence-electron chi connectivity index (χ4n) is 15.7. The molecule has 6 aromatic carbocycles. The lowest BCUT2D eigenvalue weighted by molar-refractivity contribution is -0.350. The fourth-order valence-corrected chi connectivity index (χ4v) is 17.1. The van der Waals surface area contributed by atoms with E-state index in [4.69, 9.17) is 84.2 Å². The van der Waals surface area contributed by atoms with Crippen LogP contribution in [0.2, 0.25) is 15.1 Å². The highest BCUT2D eigenvalue weighted by molar-refractivity contribution is 7.14. The molecule has 44 heteroatoms. The van der Waals surface area contributed by atoms with Gasteiger partial charge < -0.3 is 158 Å². The molecular formula is C84H94Cl3N11O29S. The Morgan fingerprint density at radius 2 is 1.29 bits per heavy atom. The van der Waals surface area contributed by atoms with Crippen molar-refractivity contribution >= 4 is 105 Å². The zero-order chi connectivity index (χ0) is 92.5. The lowest BCUT2D eigenvalue weighted by Gasteiger charge is -2.46. The van der Waals surface area contributed by atoms with Crippen molar-refractivity contribution in [1.82, 2.24) is 42.5 Å². The number of aliphatic hydroxyl groups excluding tert-OH is 8. The molecule has 686 valence electrons. The van der Waals surface area contributed by atoms with Crippen LogP contribution < -0.4 is 73.5 Å². The predicted molar refractivity (Wildman–Crippen MR) is 450 cm³/mol. The summed E-state index contributed by atoms with van der Waals surface area (Å²) in [6.07, 6.45) is -29.6. The molecule has 0 radical (unpaired) electrons. The van der Waals surface area contributed by atoms with Gasteiger partial charge in [-0.25, -0.2) is 4.79 Å². The average molecular weight is 1860 g/mol. The number of nitrogens with two attached hydrogens (primary N) is 2. The molecule has 8 aliphatic heterocycles. The summed E-state index contributed by atoms with van der Waals surface area (Å²) < 4.78 is 51.2. The monoisotopic (exact) mass is 1860 g/mol. The molecule has 3 fully saturated rings. The van der Waals surface area contributed by atoms with E-state index in [2.05, 4.69) is 47.9 Å². The minimum Gasteiger partial charge on any atom is -0.508 e. The standard InChI is InChI=1S/C84H94Cl3N11O29S/c1-31(2)18-45(90-5)74(111)97-62-64(104)34-7-15-49(43(86)20-34)121-51-22-36-23-52(71(51)126-83-69(109)67(107)72(54(30-99)124-83)127-82-68(108)66(106)65(105)53(123-82)29-91-28-40-13-17-55(128-40)76(113)92-38-11-9-37(85)10-12-38)122-50-16-8-35(21-44(50)87)70(125-57-27-84(4,89)73(110)32(3)120-57)63-80(117)96-61(81(118)119)42-24-39(100)25-48(102)58(42)41-19-33(6-14-47(41)101)59(77(114)98-63)95-78(115)60(36)94-75(112)46(26-56(88)103)93-79(62)116/h6-17,19-25,31-32,45-46,53-54,57,59-70,72-73,82-83,90-91,99-102,104-110H,18,26-30,89H2,1-5H3,(H2,88,103)(H,92,113)(H,93,116)(H,94,112)(H,95,115)(H,96,117)(H,97,111)(H,98,114)(H,118,119)/t32-,45+,46-,53+,54+,57-,59+,60+,61+,62+,63-,64+,65-,66-,67+,68+,69+,70+,72+,73-,82+,83?,84-/m0/s1. The average Bonchev–Trinajstić information content (AvgIpc) is 0.805. The molecule has 8 aliphatic rings. The third-order valence-corrected chi connectivity index (χ3v) is 24.3.